The maximum atomic E-state index is 12.1. The third kappa shape index (κ3) is 3.31. The maximum absolute atomic E-state index is 12.1. The van der Waals surface area contributed by atoms with Gasteiger partial charge in [0.25, 0.3) is 0 Å². The Kier molecular flexibility index (Phi) is 4.14. The van der Waals surface area contributed by atoms with Crippen LogP contribution in [0.5, 0.6) is 0 Å². The Morgan fingerprint density at radius 2 is 1.81 bits per heavy atom. The number of benzene rings is 1. The molecule has 1 saturated heterocycles. The Bertz CT molecular complexity index is 623. The second-order valence-electron chi connectivity index (χ2n) is 4.66. The average molecular weight is 314 g/mol. The third-order valence-corrected chi connectivity index (χ3v) is 4.74. The molecule has 0 bridgehead atoms. The van der Waals surface area contributed by atoms with Crippen LogP contribution in [-0.4, -0.2) is 54.2 Å². The summed E-state index contributed by atoms with van der Waals surface area (Å²) in [6.45, 7) is -0.196. The highest BCUT2D eigenvalue weighted by atomic mass is 32.2. The van der Waals surface area contributed by atoms with Crippen LogP contribution in [0.3, 0.4) is 0 Å². The van der Waals surface area contributed by atoms with Gasteiger partial charge in [-0.15, -0.1) is 0 Å². The molecular weight excluding hydrogens is 300 g/mol. The van der Waals surface area contributed by atoms with Crippen molar-refractivity contribution in [2.75, 3.05) is 6.54 Å². The van der Waals surface area contributed by atoms with E-state index < -0.39 is 34.2 Å². The molecule has 2 rings (SSSR count). The maximum Gasteiger partial charge on any atom is 0.408 e. The van der Waals surface area contributed by atoms with Crippen LogP contribution in [0.2, 0.25) is 0 Å². The van der Waals surface area contributed by atoms with Crippen molar-refractivity contribution in [3.63, 3.8) is 0 Å². The first kappa shape index (κ1) is 15.3. The van der Waals surface area contributed by atoms with Gasteiger partial charge in [0.1, 0.15) is 6.04 Å². The molecule has 1 aromatic carbocycles. The molecule has 114 valence electrons. The lowest BCUT2D eigenvalue weighted by molar-refractivity contribution is -0.141. The number of nitrogens with one attached hydrogen (secondary N) is 1. The molecule has 0 aromatic heterocycles. The first-order valence-corrected chi connectivity index (χ1v) is 7.59. The van der Waals surface area contributed by atoms with Crippen molar-refractivity contribution in [2.24, 2.45) is 0 Å². The van der Waals surface area contributed by atoms with Crippen LogP contribution >= 0.6 is 0 Å². The van der Waals surface area contributed by atoms with Gasteiger partial charge in [-0.3, -0.25) is 4.90 Å². The van der Waals surface area contributed by atoms with Gasteiger partial charge in [0.15, 0.2) is 0 Å². The zero-order valence-electron chi connectivity index (χ0n) is 10.8. The summed E-state index contributed by atoms with van der Waals surface area (Å²) in [5.74, 6) is -1.29. The van der Waals surface area contributed by atoms with Crippen molar-refractivity contribution < 1.29 is 28.2 Å². The molecule has 0 radical (unpaired) electrons. The molecular formula is C12H14N2O6S. The Morgan fingerprint density at radius 3 is 2.29 bits per heavy atom. The van der Waals surface area contributed by atoms with Gasteiger partial charge < -0.3 is 10.2 Å². The molecule has 21 heavy (non-hydrogen) atoms. The topological polar surface area (TPSA) is 124 Å². The molecule has 1 aliphatic heterocycles. The summed E-state index contributed by atoms with van der Waals surface area (Å²) < 4.78 is 26.6. The Balaban J connectivity index is 2.14. The standard InChI is InChI=1S/C12H14N2O6S/c15-11(16)10-6-8(7-14(10)12(17)18)13-21(19,20)9-4-2-1-3-5-9/h1-5,8,10,13H,6-7H2,(H,15,16)(H,17,18). The summed E-state index contributed by atoms with van der Waals surface area (Å²) in [5.41, 5.74) is 0. The monoisotopic (exact) mass is 314 g/mol. The number of rotatable bonds is 4. The van der Waals surface area contributed by atoms with Crippen LogP contribution in [-0.2, 0) is 14.8 Å². The van der Waals surface area contributed by atoms with Crippen LogP contribution in [0.4, 0.5) is 4.79 Å². The zero-order chi connectivity index (χ0) is 15.6. The quantitative estimate of drug-likeness (QED) is 0.728. The summed E-state index contributed by atoms with van der Waals surface area (Å²) in [6.07, 6.45) is -1.49. The van der Waals surface area contributed by atoms with E-state index >= 15 is 0 Å². The molecule has 1 aromatic rings. The van der Waals surface area contributed by atoms with Crippen LogP contribution in [0.1, 0.15) is 6.42 Å². The van der Waals surface area contributed by atoms with Crippen molar-refractivity contribution in [1.82, 2.24) is 9.62 Å². The van der Waals surface area contributed by atoms with Crippen molar-refractivity contribution in [3.8, 4) is 0 Å². The molecule has 1 aliphatic rings. The van der Waals surface area contributed by atoms with Crippen molar-refractivity contribution >= 4 is 22.1 Å². The number of hydrogen-bond acceptors (Lipinski definition) is 4. The first-order valence-electron chi connectivity index (χ1n) is 6.11. The number of hydrogen-bond donors (Lipinski definition) is 3. The fourth-order valence-electron chi connectivity index (χ4n) is 2.25. The van der Waals surface area contributed by atoms with Crippen LogP contribution in [0, 0.1) is 0 Å². The predicted molar refractivity (Wildman–Crippen MR) is 71.3 cm³/mol. The number of carboxylic acid groups (broad SMARTS) is 2. The molecule has 3 N–H and O–H groups in total. The van der Waals surface area contributed by atoms with Gasteiger partial charge in [-0.05, 0) is 18.6 Å². The number of aliphatic carboxylic acids is 1. The summed E-state index contributed by atoms with van der Waals surface area (Å²) in [6, 6.07) is 5.58. The molecule has 9 heteroatoms. The number of amides is 1. The van der Waals surface area contributed by atoms with Crippen LogP contribution < -0.4 is 4.72 Å². The lowest BCUT2D eigenvalue weighted by Crippen LogP contribution is -2.40. The Hall–Kier alpha value is -2.13. The molecule has 8 nitrogen and oxygen atoms in total. The summed E-state index contributed by atoms with van der Waals surface area (Å²) in [5, 5.41) is 17.9. The van der Waals surface area contributed by atoms with Gasteiger partial charge in [-0.1, -0.05) is 18.2 Å². The number of sulfonamides is 1. The SMILES string of the molecule is O=C(O)C1CC(NS(=O)(=O)c2ccccc2)CN1C(=O)O. The van der Waals surface area contributed by atoms with E-state index in [4.69, 9.17) is 10.2 Å². The Morgan fingerprint density at radius 1 is 1.19 bits per heavy atom. The molecule has 1 heterocycles. The van der Waals surface area contributed by atoms with E-state index in [9.17, 15) is 18.0 Å². The van der Waals surface area contributed by atoms with Gasteiger partial charge in [0.05, 0.1) is 4.90 Å². The third-order valence-electron chi connectivity index (χ3n) is 3.21. The van der Waals surface area contributed by atoms with E-state index in [0.29, 0.717) is 0 Å². The van der Waals surface area contributed by atoms with Gasteiger partial charge in [0.2, 0.25) is 10.0 Å². The highest BCUT2D eigenvalue weighted by Gasteiger charge is 2.41. The second-order valence-corrected chi connectivity index (χ2v) is 6.37. The van der Waals surface area contributed by atoms with Gasteiger partial charge in [0, 0.05) is 12.6 Å². The molecule has 2 atom stereocenters. The minimum absolute atomic E-state index is 0.0469. The molecule has 2 unspecified atom stereocenters. The van der Waals surface area contributed by atoms with Gasteiger partial charge >= 0.3 is 12.1 Å². The lowest BCUT2D eigenvalue weighted by Gasteiger charge is -2.16. The van der Waals surface area contributed by atoms with Gasteiger partial charge in [-0.2, -0.15) is 0 Å². The smallest absolute Gasteiger partial charge is 0.408 e. The molecule has 0 spiro atoms. The summed E-state index contributed by atoms with van der Waals surface area (Å²) in [7, 11) is -3.80. The Labute approximate surface area is 121 Å². The number of carboxylic acids is 1. The van der Waals surface area contributed by atoms with E-state index in [1.807, 2.05) is 0 Å². The van der Waals surface area contributed by atoms with Crippen LogP contribution in [0.15, 0.2) is 35.2 Å². The van der Waals surface area contributed by atoms with E-state index in [2.05, 4.69) is 4.72 Å². The van der Waals surface area contributed by atoms with E-state index in [1.54, 1.807) is 18.2 Å². The second kappa shape index (κ2) is 5.70. The first-order chi connectivity index (χ1) is 9.81. The average Bonchev–Trinajstić information content (AvgIpc) is 2.83. The van der Waals surface area contributed by atoms with Crippen molar-refractivity contribution in [3.05, 3.63) is 30.3 Å². The number of nitrogens with zero attached hydrogens (tertiary/aromatic N) is 1. The minimum atomic E-state index is -3.80. The van der Waals surface area contributed by atoms with Crippen molar-refractivity contribution in [1.29, 1.82) is 0 Å². The highest BCUT2D eigenvalue weighted by Crippen LogP contribution is 2.20. The predicted octanol–water partition coefficient (Wildman–Crippen LogP) is 0.170. The van der Waals surface area contributed by atoms with E-state index in [0.717, 1.165) is 4.90 Å². The molecule has 0 aliphatic carbocycles. The fourth-order valence-corrected chi connectivity index (χ4v) is 3.52. The van der Waals surface area contributed by atoms with Crippen molar-refractivity contribution in [2.45, 2.75) is 23.4 Å². The summed E-state index contributed by atoms with van der Waals surface area (Å²) in [4.78, 5) is 22.8. The zero-order valence-corrected chi connectivity index (χ0v) is 11.7. The number of likely N-dealkylation sites (tertiary alicyclic amines) is 1. The van der Waals surface area contributed by atoms with Gasteiger partial charge in [-0.25, -0.2) is 22.7 Å². The number of carbonyl (C=O) groups is 2. The molecule has 1 fully saturated rings. The molecule has 1 amide bonds. The largest absolute Gasteiger partial charge is 0.480 e. The highest BCUT2D eigenvalue weighted by molar-refractivity contribution is 7.89. The summed E-state index contributed by atoms with van der Waals surface area (Å²) >= 11 is 0. The fraction of sp³-hybridized carbons (Fsp3) is 0.333. The lowest BCUT2D eigenvalue weighted by atomic mass is 10.2. The van der Waals surface area contributed by atoms with Crippen LogP contribution in [0.25, 0.3) is 0 Å². The molecule has 0 saturated carbocycles. The van der Waals surface area contributed by atoms with E-state index in [1.165, 1.54) is 12.1 Å². The normalized spacial score (nSPS) is 22.2. The van der Waals surface area contributed by atoms with E-state index in [-0.39, 0.29) is 17.9 Å². The minimum Gasteiger partial charge on any atom is -0.480 e.